The molecule has 2 aromatic rings. The number of rotatable bonds is 8. The molecule has 6 nitrogen and oxygen atoms in total. The van der Waals surface area contributed by atoms with Gasteiger partial charge in [0, 0.05) is 24.7 Å². The molecule has 174 valence electrons. The highest BCUT2D eigenvalue weighted by Crippen LogP contribution is 2.39. The minimum atomic E-state index is -0.116. The molecule has 1 aromatic carbocycles. The van der Waals surface area contributed by atoms with E-state index >= 15 is 0 Å². The van der Waals surface area contributed by atoms with Gasteiger partial charge in [0.1, 0.15) is 5.69 Å². The normalized spacial score (nSPS) is 23.7. The van der Waals surface area contributed by atoms with Crippen LogP contribution in [0.1, 0.15) is 87.1 Å². The van der Waals surface area contributed by atoms with Crippen LogP contribution in [0.3, 0.4) is 0 Å². The number of benzene rings is 1. The van der Waals surface area contributed by atoms with Gasteiger partial charge in [0.25, 0.3) is 5.91 Å². The summed E-state index contributed by atoms with van der Waals surface area (Å²) in [5.74, 6) is 0.913. The molecule has 1 amide bonds. The van der Waals surface area contributed by atoms with Crippen molar-refractivity contribution in [1.82, 2.24) is 14.7 Å². The van der Waals surface area contributed by atoms with Crippen molar-refractivity contribution in [1.29, 1.82) is 0 Å². The van der Waals surface area contributed by atoms with Gasteiger partial charge in [-0.1, -0.05) is 39.8 Å². The fourth-order valence-corrected chi connectivity index (χ4v) is 4.87. The zero-order valence-electron chi connectivity index (χ0n) is 20.2. The molecule has 32 heavy (non-hydrogen) atoms. The van der Waals surface area contributed by atoms with Crippen LogP contribution in [-0.4, -0.2) is 45.8 Å². The molecule has 0 spiro atoms. The van der Waals surface area contributed by atoms with Crippen LogP contribution >= 0.6 is 0 Å². The number of aromatic nitrogens is 2. The van der Waals surface area contributed by atoms with E-state index in [-0.39, 0.29) is 18.1 Å². The van der Waals surface area contributed by atoms with Crippen molar-refractivity contribution in [3.8, 4) is 0 Å². The van der Waals surface area contributed by atoms with Gasteiger partial charge in [-0.05, 0) is 68.5 Å². The molecule has 0 unspecified atom stereocenters. The Hall–Kier alpha value is -2.18. The summed E-state index contributed by atoms with van der Waals surface area (Å²) in [4.78, 5) is 15.3. The molecule has 1 aliphatic heterocycles. The van der Waals surface area contributed by atoms with Crippen LogP contribution in [0.25, 0.3) is 0 Å². The molecule has 0 bridgehead atoms. The maximum atomic E-state index is 12.8. The Kier molecular flexibility index (Phi) is 7.01. The second kappa shape index (κ2) is 9.75. The molecule has 1 saturated heterocycles. The van der Waals surface area contributed by atoms with E-state index in [0.29, 0.717) is 23.6 Å². The molecule has 2 aliphatic rings. The molecule has 2 fully saturated rings. The summed E-state index contributed by atoms with van der Waals surface area (Å²) in [6.07, 6.45) is 4.81. The van der Waals surface area contributed by atoms with Gasteiger partial charge in [0.05, 0.1) is 17.9 Å². The van der Waals surface area contributed by atoms with E-state index in [0.717, 1.165) is 37.3 Å². The van der Waals surface area contributed by atoms with Gasteiger partial charge >= 0.3 is 0 Å². The lowest BCUT2D eigenvalue weighted by Gasteiger charge is -2.42. The first-order valence-corrected chi connectivity index (χ1v) is 12.2. The van der Waals surface area contributed by atoms with Crippen molar-refractivity contribution in [2.45, 2.75) is 77.5 Å². The standard InChI is InChI=1S/C26H38N4O2/c1-6-30(7-2)21-14-24(17(3)4)32-25(15-21)19-10-12-20(13-11-19)27-26(31)23-16-22(18-8-9-18)28-29(23)5/h10-13,16-18,21,24-25H,6-9,14-15H2,1-5H3,(H,27,31)/t21-,24-,25+/m1/s1. The van der Waals surface area contributed by atoms with Crippen LogP contribution in [0.2, 0.25) is 0 Å². The van der Waals surface area contributed by atoms with E-state index in [9.17, 15) is 4.79 Å². The van der Waals surface area contributed by atoms with Gasteiger partial charge in [-0.2, -0.15) is 5.10 Å². The first-order chi connectivity index (χ1) is 15.4. The highest BCUT2D eigenvalue weighted by molar-refractivity contribution is 6.03. The molecule has 1 saturated carbocycles. The highest BCUT2D eigenvalue weighted by atomic mass is 16.5. The van der Waals surface area contributed by atoms with Gasteiger partial charge in [-0.15, -0.1) is 0 Å². The Morgan fingerprint density at radius 2 is 1.88 bits per heavy atom. The topological polar surface area (TPSA) is 59.4 Å². The second-order valence-corrected chi connectivity index (χ2v) is 9.68. The van der Waals surface area contributed by atoms with Crippen molar-refractivity contribution in [3.63, 3.8) is 0 Å². The van der Waals surface area contributed by atoms with Crippen LogP contribution in [0, 0.1) is 5.92 Å². The van der Waals surface area contributed by atoms with E-state index in [2.05, 4.69) is 55.1 Å². The first kappa shape index (κ1) is 23.0. The zero-order valence-corrected chi connectivity index (χ0v) is 20.2. The molecule has 1 aromatic heterocycles. The van der Waals surface area contributed by atoms with Gasteiger partial charge in [-0.3, -0.25) is 9.48 Å². The van der Waals surface area contributed by atoms with Crippen molar-refractivity contribution >= 4 is 11.6 Å². The van der Waals surface area contributed by atoms with Gasteiger partial charge in [0.15, 0.2) is 0 Å². The van der Waals surface area contributed by atoms with E-state index in [1.165, 1.54) is 18.4 Å². The smallest absolute Gasteiger partial charge is 0.273 e. The predicted octanol–water partition coefficient (Wildman–Crippen LogP) is 5.14. The number of nitrogens with zero attached hydrogens (tertiary/aromatic N) is 3. The molecule has 1 aliphatic carbocycles. The zero-order chi connectivity index (χ0) is 22.8. The van der Waals surface area contributed by atoms with E-state index in [4.69, 9.17) is 4.74 Å². The Balaban J connectivity index is 1.44. The maximum absolute atomic E-state index is 12.8. The molecular formula is C26H38N4O2. The number of nitrogens with one attached hydrogen (secondary N) is 1. The summed E-state index contributed by atoms with van der Waals surface area (Å²) < 4.78 is 8.20. The predicted molar refractivity (Wildman–Crippen MR) is 128 cm³/mol. The molecular weight excluding hydrogens is 400 g/mol. The lowest BCUT2D eigenvalue weighted by Crippen LogP contribution is -2.44. The quantitative estimate of drug-likeness (QED) is 0.620. The lowest BCUT2D eigenvalue weighted by atomic mass is 9.89. The largest absolute Gasteiger partial charge is 0.370 e. The number of amides is 1. The number of carbonyl (C=O) groups is 1. The molecule has 3 atom stereocenters. The van der Waals surface area contributed by atoms with Crippen LogP contribution < -0.4 is 5.32 Å². The monoisotopic (exact) mass is 438 g/mol. The number of ether oxygens (including phenoxy) is 1. The lowest BCUT2D eigenvalue weighted by molar-refractivity contribution is -0.101. The number of aryl methyl sites for hydroxylation is 1. The molecule has 6 heteroatoms. The molecule has 1 N–H and O–H groups in total. The maximum Gasteiger partial charge on any atom is 0.273 e. The van der Waals surface area contributed by atoms with Crippen LogP contribution in [-0.2, 0) is 11.8 Å². The van der Waals surface area contributed by atoms with E-state index in [1.807, 2.05) is 25.2 Å². The Morgan fingerprint density at radius 3 is 2.47 bits per heavy atom. The van der Waals surface area contributed by atoms with Crippen molar-refractivity contribution in [3.05, 3.63) is 47.3 Å². The number of anilines is 1. The van der Waals surface area contributed by atoms with E-state index < -0.39 is 0 Å². The van der Waals surface area contributed by atoms with Gasteiger partial charge in [0.2, 0.25) is 0 Å². The SMILES string of the molecule is CCN(CC)[C@H]1C[C@@H](c2ccc(NC(=O)c3cc(C4CC4)nn3C)cc2)O[C@@H](C(C)C)C1. The van der Waals surface area contributed by atoms with Crippen LogP contribution in [0.4, 0.5) is 5.69 Å². The number of carbonyl (C=O) groups excluding carboxylic acids is 1. The highest BCUT2D eigenvalue weighted by Gasteiger charge is 2.34. The van der Waals surface area contributed by atoms with Crippen LogP contribution in [0.5, 0.6) is 0 Å². The van der Waals surface area contributed by atoms with Crippen LogP contribution in [0.15, 0.2) is 30.3 Å². The average Bonchev–Trinajstić information content (AvgIpc) is 3.56. The molecule has 2 heterocycles. The Bertz CT molecular complexity index is 912. The minimum Gasteiger partial charge on any atom is -0.370 e. The minimum absolute atomic E-state index is 0.0877. The first-order valence-electron chi connectivity index (χ1n) is 12.2. The summed E-state index contributed by atoms with van der Waals surface area (Å²) in [5.41, 5.74) is 3.62. The van der Waals surface area contributed by atoms with Gasteiger partial charge in [-0.25, -0.2) is 0 Å². The summed E-state index contributed by atoms with van der Waals surface area (Å²) in [7, 11) is 1.84. The fraction of sp³-hybridized carbons (Fsp3) is 0.615. The molecule has 0 radical (unpaired) electrons. The Labute approximate surface area is 192 Å². The second-order valence-electron chi connectivity index (χ2n) is 9.68. The third kappa shape index (κ3) is 5.07. The van der Waals surface area contributed by atoms with Crippen molar-refractivity contribution in [2.75, 3.05) is 18.4 Å². The Morgan fingerprint density at radius 1 is 1.19 bits per heavy atom. The van der Waals surface area contributed by atoms with Crippen molar-refractivity contribution in [2.24, 2.45) is 13.0 Å². The summed E-state index contributed by atoms with van der Waals surface area (Å²) in [6, 6.07) is 10.6. The summed E-state index contributed by atoms with van der Waals surface area (Å²) in [5, 5.41) is 7.53. The third-order valence-electron chi connectivity index (χ3n) is 7.07. The van der Waals surface area contributed by atoms with Gasteiger partial charge < -0.3 is 15.0 Å². The van der Waals surface area contributed by atoms with E-state index in [1.54, 1.807) is 4.68 Å². The number of hydrogen-bond donors (Lipinski definition) is 1. The third-order valence-corrected chi connectivity index (χ3v) is 7.07. The van der Waals surface area contributed by atoms with Crippen molar-refractivity contribution < 1.29 is 9.53 Å². The number of hydrogen-bond acceptors (Lipinski definition) is 4. The summed E-state index contributed by atoms with van der Waals surface area (Å²) in [6.45, 7) is 11.1. The average molecular weight is 439 g/mol. The summed E-state index contributed by atoms with van der Waals surface area (Å²) >= 11 is 0. The molecule has 4 rings (SSSR count). The fourth-order valence-electron chi connectivity index (χ4n) is 4.87.